The number of hydrogen-bond acceptors (Lipinski definition) is 4. The van der Waals surface area contributed by atoms with Crippen molar-refractivity contribution in [3.05, 3.63) is 28.0 Å². The number of ether oxygens (including phenoxy) is 2. The van der Waals surface area contributed by atoms with E-state index in [4.69, 9.17) is 9.47 Å². The zero-order valence-electron chi connectivity index (χ0n) is 15.5. The van der Waals surface area contributed by atoms with Crippen LogP contribution < -0.4 is 4.72 Å². The third kappa shape index (κ3) is 6.40. The van der Waals surface area contributed by atoms with Crippen molar-refractivity contribution >= 4 is 26.9 Å². The van der Waals surface area contributed by atoms with E-state index >= 15 is 0 Å². The van der Waals surface area contributed by atoms with Gasteiger partial charge in [0.05, 0.1) is 34.1 Å². The number of methoxy groups -OCH3 is 1. The molecule has 0 amide bonds. The van der Waals surface area contributed by atoms with Crippen molar-refractivity contribution in [3.8, 4) is 0 Å². The van der Waals surface area contributed by atoms with Crippen LogP contribution in [-0.4, -0.2) is 34.3 Å². The lowest BCUT2D eigenvalue weighted by molar-refractivity contribution is 0.0611. The maximum Gasteiger partial charge on any atom is 0.0976 e. The molecule has 2 atom stereocenters. The second kappa shape index (κ2) is 9.55. The van der Waals surface area contributed by atoms with Crippen LogP contribution in [0.4, 0.5) is 0 Å². The summed E-state index contributed by atoms with van der Waals surface area (Å²) in [6.07, 6.45) is 4.77. The monoisotopic (exact) mass is 432 g/mol. The summed E-state index contributed by atoms with van der Waals surface area (Å²) >= 11 is 3.48. The van der Waals surface area contributed by atoms with Gasteiger partial charge in [-0.2, -0.15) is 0 Å². The number of rotatable bonds is 7. The first-order valence-electron chi connectivity index (χ1n) is 8.70. The quantitative estimate of drug-likeness (QED) is 0.709. The average Bonchev–Trinajstić information content (AvgIpc) is 2.55. The van der Waals surface area contributed by atoms with Crippen LogP contribution in [0.2, 0.25) is 0 Å². The van der Waals surface area contributed by atoms with Crippen LogP contribution in [0, 0.1) is 5.92 Å². The molecule has 2 heterocycles. The van der Waals surface area contributed by atoms with Gasteiger partial charge in [0.2, 0.25) is 0 Å². The fraction of sp³-hybridized carbons (Fsp3) is 0.722. The molecule has 0 bridgehead atoms. The van der Waals surface area contributed by atoms with Crippen LogP contribution in [0.5, 0.6) is 0 Å². The Morgan fingerprint density at radius 3 is 2.72 bits per heavy atom. The van der Waals surface area contributed by atoms with Gasteiger partial charge in [0.1, 0.15) is 0 Å². The van der Waals surface area contributed by atoms with E-state index in [-0.39, 0.29) is 10.8 Å². The molecule has 0 spiro atoms. The SMILES string of the molecule is COCc1cc(Br)cnc1[C@H](CC1CCOCC1)NS(=O)C(C)(C)C. The summed E-state index contributed by atoms with van der Waals surface area (Å²) in [6.45, 7) is 8.03. The minimum atomic E-state index is -1.16. The summed E-state index contributed by atoms with van der Waals surface area (Å²) < 4.78 is 27.5. The fourth-order valence-corrected chi connectivity index (χ4v) is 4.11. The van der Waals surface area contributed by atoms with Gasteiger partial charge in [-0.15, -0.1) is 0 Å². The van der Waals surface area contributed by atoms with Crippen molar-refractivity contribution in [1.82, 2.24) is 9.71 Å². The largest absolute Gasteiger partial charge is 0.381 e. The van der Waals surface area contributed by atoms with Gasteiger partial charge in [0.25, 0.3) is 0 Å². The van der Waals surface area contributed by atoms with Crippen LogP contribution in [0.1, 0.15) is 57.3 Å². The molecule has 0 aliphatic carbocycles. The molecule has 1 unspecified atom stereocenters. The van der Waals surface area contributed by atoms with E-state index in [2.05, 4.69) is 25.6 Å². The van der Waals surface area contributed by atoms with Crippen molar-refractivity contribution in [2.75, 3.05) is 20.3 Å². The van der Waals surface area contributed by atoms with Crippen LogP contribution in [0.15, 0.2) is 16.7 Å². The zero-order chi connectivity index (χ0) is 18.4. The molecule has 0 saturated carbocycles. The highest BCUT2D eigenvalue weighted by Gasteiger charge is 2.28. The molecule has 1 aromatic heterocycles. The van der Waals surface area contributed by atoms with E-state index in [1.54, 1.807) is 13.3 Å². The molecule has 1 aromatic rings. The Hall–Kier alpha value is -0.340. The number of hydrogen-bond donors (Lipinski definition) is 1. The lowest BCUT2D eigenvalue weighted by Gasteiger charge is -2.30. The minimum Gasteiger partial charge on any atom is -0.381 e. The summed E-state index contributed by atoms with van der Waals surface area (Å²) in [6, 6.07) is 1.96. The minimum absolute atomic E-state index is 0.0681. The van der Waals surface area contributed by atoms with Crippen molar-refractivity contribution in [2.45, 2.75) is 57.4 Å². The molecule has 1 aliphatic rings. The van der Waals surface area contributed by atoms with Gasteiger partial charge in [0.15, 0.2) is 0 Å². The lowest BCUT2D eigenvalue weighted by Crippen LogP contribution is -2.37. The standard InChI is InChI=1S/C18H29BrN2O3S/c1-18(2,3)25(22)21-16(9-13-5-7-24-8-6-13)17-14(12-23-4)10-15(19)11-20-17/h10-11,13,16,21H,5-9,12H2,1-4H3/t16-,25?/m0/s1. The third-order valence-corrected chi connectivity index (χ3v) is 6.36. The summed E-state index contributed by atoms with van der Waals surface area (Å²) in [7, 11) is 0.516. The van der Waals surface area contributed by atoms with E-state index in [0.29, 0.717) is 12.5 Å². The molecular formula is C18H29BrN2O3S. The van der Waals surface area contributed by atoms with E-state index in [1.807, 2.05) is 26.8 Å². The first-order valence-corrected chi connectivity index (χ1v) is 10.6. The molecule has 5 nitrogen and oxygen atoms in total. The number of halogens is 1. The average molecular weight is 433 g/mol. The van der Waals surface area contributed by atoms with E-state index in [0.717, 1.165) is 48.2 Å². The van der Waals surface area contributed by atoms with Crippen LogP contribution >= 0.6 is 15.9 Å². The molecule has 1 saturated heterocycles. The normalized spacial score (nSPS) is 18.9. The molecule has 0 aromatic carbocycles. The second-order valence-corrected chi connectivity index (χ2v) is 10.4. The highest BCUT2D eigenvalue weighted by atomic mass is 79.9. The smallest absolute Gasteiger partial charge is 0.0976 e. The molecule has 0 radical (unpaired) electrons. The van der Waals surface area contributed by atoms with Gasteiger partial charge in [0, 0.05) is 36.6 Å². The van der Waals surface area contributed by atoms with Crippen LogP contribution in [0.25, 0.3) is 0 Å². The van der Waals surface area contributed by atoms with Crippen LogP contribution in [0.3, 0.4) is 0 Å². The van der Waals surface area contributed by atoms with Crippen molar-refractivity contribution in [3.63, 3.8) is 0 Å². The molecule has 1 fully saturated rings. The first kappa shape index (κ1) is 21.0. The first-order chi connectivity index (χ1) is 11.8. The third-order valence-electron chi connectivity index (χ3n) is 4.31. The number of aromatic nitrogens is 1. The molecule has 1 aliphatic heterocycles. The Labute approximate surface area is 162 Å². The fourth-order valence-electron chi connectivity index (χ4n) is 2.91. The lowest BCUT2D eigenvalue weighted by atomic mass is 9.90. The maximum absolute atomic E-state index is 12.7. The Morgan fingerprint density at radius 1 is 1.44 bits per heavy atom. The molecule has 142 valence electrons. The Balaban J connectivity index is 2.27. The Kier molecular flexibility index (Phi) is 8.01. The van der Waals surface area contributed by atoms with Crippen molar-refractivity contribution in [2.24, 2.45) is 5.92 Å². The van der Waals surface area contributed by atoms with Gasteiger partial charge in [-0.25, -0.2) is 8.93 Å². The van der Waals surface area contributed by atoms with Gasteiger partial charge in [-0.3, -0.25) is 4.98 Å². The maximum atomic E-state index is 12.7. The van der Waals surface area contributed by atoms with Gasteiger partial charge in [-0.1, -0.05) is 0 Å². The molecular weight excluding hydrogens is 404 g/mol. The summed E-state index contributed by atoms with van der Waals surface area (Å²) in [4.78, 5) is 4.64. The molecule has 25 heavy (non-hydrogen) atoms. The van der Waals surface area contributed by atoms with E-state index < -0.39 is 11.0 Å². The zero-order valence-corrected chi connectivity index (χ0v) is 17.9. The van der Waals surface area contributed by atoms with E-state index in [9.17, 15) is 4.21 Å². The Morgan fingerprint density at radius 2 is 2.12 bits per heavy atom. The van der Waals surface area contributed by atoms with E-state index in [1.165, 1.54) is 0 Å². The van der Waals surface area contributed by atoms with Gasteiger partial charge >= 0.3 is 0 Å². The predicted octanol–water partition coefficient (Wildman–Crippen LogP) is 3.90. The number of pyridine rings is 1. The Bertz CT molecular complexity index is 586. The predicted molar refractivity (Wildman–Crippen MR) is 105 cm³/mol. The van der Waals surface area contributed by atoms with Crippen molar-refractivity contribution in [1.29, 1.82) is 0 Å². The van der Waals surface area contributed by atoms with Gasteiger partial charge < -0.3 is 9.47 Å². The van der Waals surface area contributed by atoms with Gasteiger partial charge in [-0.05, 0) is 67.9 Å². The second-order valence-electron chi connectivity index (χ2n) is 7.47. The van der Waals surface area contributed by atoms with Crippen LogP contribution in [-0.2, 0) is 27.1 Å². The summed E-state index contributed by atoms with van der Waals surface area (Å²) in [5, 5.41) is 0. The molecule has 1 N–H and O–H groups in total. The number of nitrogens with one attached hydrogen (secondary N) is 1. The topological polar surface area (TPSA) is 60.5 Å². The molecule has 2 rings (SSSR count). The molecule has 7 heteroatoms. The summed E-state index contributed by atoms with van der Waals surface area (Å²) in [5.41, 5.74) is 1.95. The van der Waals surface area contributed by atoms with Crippen molar-refractivity contribution < 1.29 is 13.7 Å². The number of nitrogens with zero attached hydrogens (tertiary/aromatic N) is 1. The summed E-state index contributed by atoms with van der Waals surface area (Å²) in [5.74, 6) is 0.545. The highest BCUT2D eigenvalue weighted by Crippen LogP contribution is 2.31. The highest BCUT2D eigenvalue weighted by molar-refractivity contribution is 9.10.